The van der Waals surface area contributed by atoms with Crippen LogP contribution < -0.4 is 5.32 Å². The van der Waals surface area contributed by atoms with E-state index in [-0.39, 0.29) is 17.0 Å². The summed E-state index contributed by atoms with van der Waals surface area (Å²) in [7, 11) is 0. The lowest BCUT2D eigenvalue weighted by Crippen LogP contribution is -2.51. The fourth-order valence-electron chi connectivity index (χ4n) is 2.31. The van der Waals surface area contributed by atoms with Gasteiger partial charge in [-0.25, -0.2) is 0 Å². The maximum absolute atomic E-state index is 12.8. The van der Waals surface area contributed by atoms with Gasteiger partial charge in [0.25, 0.3) is 0 Å². The lowest BCUT2D eigenvalue weighted by Gasteiger charge is -2.41. The highest BCUT2D eigenvalue weighted by atomic mass is 19.4. The Morgan fingerprint density at radius 3 is 1.71 bits per heavy atom. The van der Waals surface area contributed by atoms with Crippen LogP contribution in [0.15, 0.2) is 0 Å². The summed E-state index contributed by atoms with van der Waals surface area (Å²) in [6.45, 7) is 14.4. The van der Waals surface area contributed by atoms with Gasteiger partial charge in [-0.05, 0) is 52.9 Å². The van der Waals surface area contributed by atoms with Crippen molar-refractivity contribution in [3.8, 4) is 0 Å². The summed E-state index contributed by atoms with van der Waals surface area (Å²) in [5, 5.41) is 3.46. The highest BCUT2D eigenvalue weighted by Gasteiger charge is 2.36. The zero-order valence-electron chi connectivity index (χ0n) is 14.7. The van der Waals surface area contributed by atoms with Crippen LogP contribution in [0.1, 0.15) is 61.3 Å². The highest BCUT2D eigenvalue weighted by Crippen LogP contribution is 2.30. The molecule has 0 aromatic carbocycles. The molecule has 0 heterocycles. The van der Waals surface area contributed by atoms with Gasteiger partial charge in [-0.15, -0.1) is 0 Å². The molecule has 0 radical (unpaired) electrons. The second kappa shape index (κ2) is 7.82. The van der Waals surface area contributed by atoms with E-state index in [1.165, 1.54) is 0 Å². The molecule has 0 saturated carbocycles. The van der Waals surface area contributed by atoms with E-state index in [0.29, 0.717) is 6.54 Å². The first-order valence-electron chi connectivity index (χ1n) is 7.90. The van der Waals surface area contributed by atoms with Crippen molar-refractivity contribution in [1.82, 2.24) is 10.2 Å². The van der Waals surface area contributed by atoms with Crippen molar-refractivity contribution in [3.63, 3.8) is 0 Å². The summed E-state index contributed by atoms with van der Waals surface area (Å²) in [4.78, 5) is 1.55. The van der Waals surface area contributed by atoms with Crippen LogP contribution in [0.5, 0.6) is 0 Å². The number of nitrogens with one attached hydrogen (secondary N) is 1. The van der Waals surface area contributed by atoms with Gasteiger partial charge in [0, 0.05) is 24.7 Å². The van der Waals surface area contributed by atoms with Crippen LogP contribution in [-0.4, -0.2) is 42.3 Å². The molecule has 0 spiro atoms. The third kappa shape index (κ3) is 8.67. The molecule has 21 heavy (non-hydrogen) atoms. The van der Waals surface area contributed by atoms with Crippen LogP contribution in [-0.2, 0) is 0 Å². The van der Waals surface area contributed by atoms with E-state index >= 15 is 0 Å². The Kier molecular flexibility index (Phi) is 7.71. The van der Waals surface area contributed by atoms with Crippen LogP contribution in [0, 0.1) is 5.41 Å². The van der Waals surface area contributed by atoms with E-state index in [1.807, 2.05) is 13.8 Å². The van der Waals surface area contributed by atoms with E-state index in [1.54, 1.807) is 4.90 Å². The van der Waals surface area contributed by atoms with Gasteiger partial charge in [-0.3, -0.25) is 4.90 Å². The van der Waals surface area contributed by atoms with E-state index in [0.717, 1.165) is 19.4 Å². The molecule has 0 fully saturated rings. The Hall–Kier alpha value is -0.290. The molecule has 0 bridgehead atoms. The van der Waals surface area contributed by atoms with Gasteiger partial charge in [-0.1, -0.05) is 13.8 Å². The number of halogens is 3. The lowest BCUT2D eigenvalue weighted by atomic mass is 9.80. The molecule has 0 aliphatic carbocycles. The smallest absolute Gasteiger partial charge is 0.311 e. The minimum absolute atomic E-state index is 0.0255. The van der Waals surface area contributed by atoms with Crippen molar-refractivity contribution in [1.29, 1.82) is 0 Å². The third-order valence-electron chi connectivity index (χ3n) is 4.14. The molecule has 0 aliphatic rings. The highest BCUT2D eigenvalue weighted by molar-refractivity contribution is 4.87. The van der Waals surface area contributed by atoms with E-state index in [4.69, 9.17) is 0 Å². The van der Waals surface area contributed by atoms with Crippen molar-refractivity contribution in [2.24, 2.45) is 5.41 Å². The summed E-state index contributed by atoms with van der Waals surface area (Å²) >= 11 is 0. The molecule has 0 aromatic rings. The topological polar surface area (TPSA) is 15.3 Å². The van der Waals surface area contributed by atoms with Crippen molar-refractivity contribution < 1.29 is 13.2 Å². The first-order valence-corrected chi connectivity index (χ1v) is 7.90. The zero-order chi connectivity index (χ0) is 16.9. The maximum Gasteiger partial charge on any atom is 0.401 e. The van der Waals surface area contributed by atoms with Crippen LogP contribution in [0.3, 0.4) is 0 Å². The standard InChI is InChI=1S/C16H33F3N2/c1-8-15(9-2,10-20-14(5,6)7)11-21(13(3)4)12-16(17,18)19/h13,20H,8-12H2,1-7H3. The molecule has 0 aromatic heterocycles. The first kappa shape index (κ1) is 20.7. The van der Waals surface area contributed by atoms with Crippen LogP contribution in [0.4, 0.5) is 13.2 Å². The van der Waals surface area contributed by atoms with Crippen molar-refractivity contribution in [3.05, 3.63) is 0 Å². The SMILES string of the molecule is CCC(CC)(CNC(C)(C)C)CN(CC(F)(F)F)C(C)C. The van der Waals surface area contributed by atoms with E-state index in [2.05, 4.69) is 39.9 Å². The first-order chi connectivity index (χ1) is 9.34. The lowest BCUT2D eigenvalue weighted by molar-refractivity contribution is -0.153. The van der Waals surface area contributed by atoms with Crippen molar-refractivity contribution >= 4 is 0 Å². The summed E-state index contributed by atoms with van der Waals surface area (Å²) in [5.74, 6) is 0. The van der Waals surface area contributed by atoms with Gasteiger partial charge in [-0.2, -0.15) is 13.2 Å². The largest absolute Gasteiger partial charge is 0.401 e. The predicted octanol–water partition coefficient (Wildman–Crippen LogP) is 4.45. The van der Waals surface area contributed by atoms with Crippen LogP contribution >= 0.6 is 0 Å². The zero-order valence-corrected chi connectivity index (χ0v) is 14.7. The number of rotatable bonds is 8. The quantitative estimate of drug-likeness (QED) is 0.712. The summed E-state index contributed by atoms with van der Waals surface area (Å²) < 4.78 is 38.3. The molecule has 5 heteroatoms. The number of hydrogen-bond donors (Lipinski definition) is 1. The van der Waals surface area contributed by atoms with Gasteiger partial charge >= 0.3 is 6.18 Å². The minimum Gasteiger partial charge on any atom is -0.311 e. The molecule has 0 rings (SSSR count). The Bertz CT molecular complexity index is 289. The van der Waals surface area contributed by atoms with Gasteiger partial charge in [0.15, 0.2) is 0 Å². The fourth-order valence-corrected chi connectivity index (χ4v) is 2.31. The van der Waals surface area contributed by atoms with Gasteiger partial charge in [0.05, 0.1) is 6.54 Å². The molecule has 0 atom stereocenters. The Morgan fingerprint density at radius 1 is 0.952 bits per heavy atom. The van der Waals surface area contributed by atoms with Crippen LogP contribution in [0.2, 0.25) is 0 Å². The average Bonchev–Trinajstić information content (AvgIpc) is 2.30. The second-order valence-electron chi connectivity index (χ2n) is 7.42. The molecule has 2 nitrogen and oxygen atoms in total. The molecule has 128 valence electrons. The van der Waals surface area contributed by atoms with Crippen LogP contribution in [0.25, 0.3) is 0 Å². The molecule has 1 N–H and O–H groups in total. The Morgan fingerprint density at radius 2 is 1.43 bits per heavy atom. The van der Waals surface area contributed by atoms with Gasteiger partial charge in [0.2, 0.25) is 0 Å². The van der Waals surface area contributed by atoms with Crippen molar-refractivity contribution in [2.75, 3.05) is 19.6 Å². The molecule has 0 aliphatic heterocycles. The summed E-state index contributed by atoms with van der Waals surface area (Å²) in [6.07, 6.45) is -2.41. The van der Waals surface area contributed by atoms with Gasteiger partial charge in [0.1, 0.15) is 0 Å². The molecular formula is C16H33F3N2. The number of nitrogens with zero attached hydrogens (tertiary/aromatic N) is 1. The monoisotopic (exact) mass is 310 g/mol. The van der Waals surface area contributed by atoms with E-state index in [9.17, 15) is 13.2 Å². The second-order valence-corrected chi connectivity index (χ2v) is 7.42. The fraction of sp³-hybridized carbons (Fsp3) is 1.00. The maximum atomic E-state index is 12.8. The summed E-state index contributed by atoms with van der Waals surface area (Å²) in [6, 6.07) is -0.112. The Labute approximate surface area is 128 Å². The van der Waals surface area contributed by atoms with E-state index < -0.39 is 12.7 Å². The number of alkyl halides is 3. The molecular weight excluding hydrogens is 277 g/mol. The minimum atomic E-state index is -4.14. The average molecular weight is 310 g/mol. The molecule has 0 amide bonds. The Balaban J connectivity index is 4.99. The third-order valence-corrected chi connectivity index (χ3v) is 4.14. The molecule has 0 unspecified atom stereocenters. The van der Waals surface area contributed by atoms with Crippen molar-refractivity contribution in [2.45, 2.75) is 79.1 Å². The predicted molar refractivity (Wildman–Crippen MR) is 83.5 cm³/mol. The molecule has 0 saturated heterocycles. The number of hydrogen-bond acceptors (Lipinski definition) is 2. The normalized spacial score (nSPS) is 14.3. The van der Waals surface area contributed by atoms with Gasteiger partial charge < -0.3 is 5.32 Å². The summed E-state index contributed by atoms with van der Waals surface area (Å²) in [5.41, 5.74) is -0.148.